The van der Waals surface area contributed by atoms with E-state index in [0.29, 0.717) is 22.3 Å². The van der Waals surface area contributed by atoms with Crippen molar-refractivity contribution in [2.75, 3.05) is 7.11 Å². The summed E-state index contributed by atoms with van der Waals surface area (Å²) in [6.45, 7) is 3.44. The fourth-order valence-corrected chi connectivity index (χ4v) is 1.98. The van der Waals surface area contributed by atoms with Gasteiger partial charge in [0, 0.05) is 11.8 Å². The van der Waals surface area contributed by atoms with Crippen LogP contribution in [0.4, 0.5) is 4.79 Å². The molecule has 0 aliphatic heterocycles. The van der Waals surface area contributed by atoms with Crippen LogP contribution in [0.5, 0.6) is 5.75 Å². The summed E-state index contributed by atoms with van der Waals surface area (Å²) in [4.78, 5) is 23.3. The highest BCUT2D eigenvalue weighted by Gasteiger charge is 2.21. The maximum absolute atomic E-state index is 11.8. The minimum Gasteiger partial charge on any atom is -0.452 e. The molecule has 0 atom stereocenters. The third-order valence-electron chi connectivity index (χ3n) is 2.92. The standard InChI is InChI=1S/C14H15NO4/c1-4-12(16)19-13-9(2)15(14(17)18-3)11-8-6-5-7-10(11)13/h5-8H,4H2,1-3H3. The molecule has 2 aromatic rings. The van der Waals surface area contributed by atoms with Gasteiger partial charge in [0.25, 0.3) is 0 Å². The van der Waals surface area contributed by atoms with E-state index in [0.717, 1.165) is 0 Å². The zero-order chi connectivity index (χ0) is 14.0. The molecule has 5 nitrogen and oxygen atoms in total. The molecule has 0 radical (unpaired) electrons. The van der Waals surface area contributed by atoms with E-state index >= 15 is 0 Å². The van der Waals surface area contributed by atoms with Crippen LogP contribution in [0.1, 0.15) is 19.0 Å². The van der Waals surface area contributed by atoms with E-state index in [2.05, 4.69) is 0 Å². The number of esters is 1. The number of carbonyl (C=O) groups is 2. The quantitative estimate of drug-likeness (QED) is 0.780. The Morgan fingerprint density at radius 1 is 1.26 bits per heavy atom. The number of carbonyl (C=O) groups excluding carboxylic acids is 2. The van der Waals surface area contributed by atoms with Crippen molar-refractivity contribution in [3.63, 3.8) is 0 Å². The van der Waals surface area contributed by atoms with Gasteiger partial charge in [0.15, 0.2) is 5.75 Å². The molecule has 1 aromatic carbocycles. The Morgan fingerprint density at radius 3 is 2.58 bits per heavy atom. The van der Waals surface area contributed by atoms with Crippen molar-refractivity contribution in [1.82, 2.24) is 4.57 Å². The summed E-state index contributed by atoms with van der Waals surface area (Å²) in [5, 5.41) is 0.715. The van der Waals surface area contributed by atoms with Crippen LogP contribution in [-0.2, 0) is 9.53 Å². The number of para-hydroxylation sites is 1. The summed E-state index contributed by atoms with van der Waals surface area (Å²) in [6, 6.07) is 7.22. The average Bonchev–Trinajstić information content (AvgIpc) is 2.71. The Balaban J connectivity index is 2.67. The van der Waals surface area contributed by atoms with Crippen molar-refractivity contribution >= 4 is 23.0 Å². The Hall–Kier alpha value is -2.30. The van der Waals surface area contributed by atoms with Gasteiger partial charge in [-0.15, -0.1) is 0 Å². The third-order valence-corrected chi connectivity index (χ3v) is 2.92. The van der Waals surface area contributed by atoms with Gasteiger partial charge < -0.3 is 9.47 Å². The molecule has 0 aliphatic rings. The van der Waals surface area contributed by atoms with Crippen LogP contribution in [0.25, 0.3) is 10.9 Å². The number of fused-ring (bicyclic) bond motifs is 1. The van der Waals surface area contributed by atoms with Crippen molar-refractivity contribution in [2.24, 2.45) is 0 Å². The van der Waals surface area contributed by atoms with Gasteiger partial charge in [0.2, 0.25) is 0 Å². The van der Waals surface area contributed by atoms with Crippen molar-refractivity contribution in [3.8, 4) is 5.75 Å². The van der Waals surface area contributed by atoms with E-state index < -0.39 is 6.09 Å². The summed E-state index contributed by atoms with van der Waals surface area (Å²) < 4.78 is 11.5. The molecule has 0 saturated heterocycles. The lowest BCUT2D eigenvalue weighted by atomic mass is 10.2. The van der Waals surface area contributed by atoms with Crippen molar-refractivity contribution in [1.29, 1.82) is 0 Å². The van der Waals surface area contributed by atoms with E-state index in [-0.39, 0.29) is 12.4 Å². The summed E-state index contributed by atoms with van der Waals surface area (Å²) in [5.41, 5.74) is 1.21. The van der Waals surface area contributed by atoms with Gasteiger partial charge in [-0.1, -0.05) is 19.1 Å². The third kappa shape index (κ3) is 2.19. The number of ether oxygens (including phenoxy) is 2. The highest BCUT2D eigenvalue weighted by Crippen LogP contribution is 2.33. The van der Waals surface area contributed by atoms with E-state index in [4.69, 9.17) is 9.47 Å². The first-order valence-electron chi connectivity index (χ1n) is 5.99. The van der Waals surface area contributed by atoms with E-state index in [9.17, 15) is 9.59 Å². The second kappa shape index (κ2) is 5.14. The minimum atomic E-state index is -0.507. The molecule has 0 spiro atoms. The molecule has 0 fully saturated rings. The number of benzene rings is 1. The van der Waals surface area contributed by atoms with E-state index in [1.54, 1.807) is 26.0 Å². The number of aromatic nitrogens is 1. The molecule has 100 valence electrons. The molecule has 0 unspecified atom stereocenters. The maximum atomic E-state index is 11.8. The number of hydrogen-bond donors (Lipinski definition) is 0. The monoisotopic (exact) mass is 261 g/mol. The van der Waals surface area contributed by atoms with Crippen LogP contribution < -0.4 is 4.74 Å². The lowest BCUT2D eigenvalue weighted by Gasteiger charge is -2.05. The van der Waals surface area contributed by atoms with E-state index in [1.807, 2.05) is 12.1 Å². The fraction of sp³-hybridized carbons (Fsp3) is 0.286. The Bertz CT molecular complexity index is 642. The van der Waals surface area contributed by atoms with Gasteiger partial charge in [0.1, 0.15) is 0 Å². The zero-order valence-corrected chi connectivity index (χ0v) is 11.1. The SMILES string of the molecule is CCC(=O)Oc1c(C)n(C(=O)OC)c2ccccc12. The molecule has 0 bridgehead atoms. The first-order valence-corrected chi connectivity index (χ1v) is 5.99. The second-order valence-electron chi connectivity index (χ2n) is 4.06. The molecule has 2 rings (SSSR count). The molecule has 1 heterocycles. The van der Waals surface area contributed by atoms with Gasteiger partial charge in [-0.05, 0) is 19.1 Å². The molecule has 0 saturated carbocycles. The number of rotatable bonds is 2. The van der Waals surface area contributed by atoms with E-state index in [1.165, 1.54) is 11.7 Å². The highest BCUT2D eigenvalue weighted by molar-refractivity contribution is 5.97. The lowest BCUT2D eigenvalue weighted by molar-refractivity contribution is -0.133. The predicted octanol–water partition coefficient (Wildman–Crippen LogP) is 2.88. The molecule has 19 heavy (non-hydrogen) atoms. The summed E-state index contributed by atoms with van der Waals surface area (Å²) >= 11 is 0. The first-order chi connectivity index (χ1) is 9.10. The van der Waals surface area contributed by atoms with Crippen molar-refractivity contribution in [3.05, 3.63) is 30.0 Å². The first kappa shape index (κ1) is 13.1. The minimum absolute atomic E-state index is 0.275. The van der Waals surface area contributed by atoms with Gasteiger partial charge >= 0.3 is 12.1 Å². The fourth-order valence-electron chi connectivity index (χ4n) is 1.98. The molecule has 1 aromatic heterocycles. The lowest BCUT2D eigenvalue weighted by Crippen LogP contribution is -2.13. The van der Waals surface area contributed by atoms with Gasteiger partial charge in [0.05, 0.1) is 18.3 Å². The smallest absolute Gasteiger partial charge is 0.418 e. The predicted molar refractivity (Wildman–Crippen MR) is 70.4 cm³/mol. The molecular weight excluding hydrogens is 246 g/mol. The largest absolute Gasteiger partial charge is 0.452 e. The molecule has 0 amide bonds. The molecule has 0 aliphatic carbocycles. The summed E-state index contributed by atoms with van der Waals surface area (Å²) in [6.07, 6.45) is -0.232. The number of hydrogen-bond acceptors (Lipinski definition) is 4. The molecule has 5 heteroatoms. The van der Waals surface area contributed by atoms with Crippen LogP contribution in [0.3, 0.4) is 0 Å². The van der Waals surface area contributed by atoms with Gasteiger partial charge in [-0.2, -0.15) is 0 Å². The number of nitrogens with zero attached hydrogens (tertiary/aromatic N) is 1. The van der Waals surface area contributed by atoms with Crippen LogP contribution >= 0.6 is 0 Å². The highest BCUT2D eigenvalue weighted by atomic mass is 16.5. The summed E-state index contributed by atoms with van der Waals surface area (Å²) in [5.74, 6) is 0.0729. The summed E-state index contributed by atoms with van der Waals surface area (Å²) in [7, 11) is 1.31. The normalized spacial score (nSPS) is 10.5. The average molecular weight is 261 g/mol. The Kier molecular flexibility index (Phi) is 3.55. The van der Waals surface area contributed by atoms with Crippen molar-refractivity contribution in [2.45, 2.75) is 20.3 Å². The Morgan fingerprint density at radius 2 is 1.95 bits per heavy atom. The van der Waals surface area contributed by atoms with Crippen LogP contribution in [0.15, 0.2) is 24.3 Å². The maximum Gasteiger partial charge on any atom is 0.418 e. The zero-order valence-electron chi connectivity index (χ0n) is 11.1. The van der Waals surface area contributed by atoms with Gasteiger partial charge in [-0.3, -0.25) is 4.79 Å². The van der Waals surface area contributed by atoms with Crippen molar-refractivity contribution < 1.29 is 19.1 Å². The van der Waals surface area contributed by atoms with Crippen LogP contribution in [-0.4, -0.2) is 23.7 Å². The molecule has 0 N–H and O–H groups in total. The van der Waals surface area contributed by atoms with Gasteiger partial charge in [-0.25, -0.2) is 9.36 Å². The second-order valence-corrected chi connectivity index (χ2v) is 4.06. The van der Waals surface area contributed by atoms with Crippen LogP contribution in [0.2, 0.25) is 0 Å². The number of methoxy groups -OCH3 is 1. The Labute approximate surface area is 110 Å². The molecular formula is C14H15NO4. The topological polar surface area (TPSA) is 57.5 Å². The van der Waals surface area contributed by atoms with Crippen LogP contribution in [0, 0.1) is 6.92 Å².